The lowest BCUT2D eigenvalue weighted by molar-refractivity contribution is -0.258. The Morgan fingerprint density at radius 2 is 1.91 bits per heavy atom. The summed E-state index contributed by atoms with van der Waals surface area (Å²) >= 11 is 0. The molecule has 7 heteroatoms. The summed E-state index contributed by atoms with van der Waals surface area (Å²) in [5.41, 5.74) is -1.93. The topological polar surface area (TPSA) is 69.0 Å². The third kappa shape index (κ3) is 3.09. The molecule has 1 atom stereocenters. The summed E-state index contributed by atoms with van der Waals surface area (Å²) in [6.07, 6.45) is -1.36. The van der Waals surface area contributed by atoms with Crippen molar-refractivity contribution in [1.82, 2.24) is 4.98 Å². The van der Waals surface area contributed by atoms with Gasteiger partial charge in [-0.15, -0.1) is 0 Å². The molecule has 0 saturated carbocycles. The first-order valence-corrected chi connectivity index (χ1v) is 6.37. The Labute approximate surface area is 125 Å². The quantitative estimate of drug-likeness (QED) is 0.756. The van der Waals surface area contributed by atoms with Gasteiger partial charge < -0.3 is 15.8 Å². The third-order valence-corrected chi connectivity index (χ3v) is 3.25. The fraction of sp³-hybridized carbons (Fsp3) is 0.200. The zero-order valence-corrected chi connectivity index (χ0v) is 11.6. The first-order valence-electron chi connectivity index (χ1n) is 6.37. The van der Waals surface area contributed by atoms with E-state index in [9.17, 15) is 18.3 Å². The number of nitrogens with one attached hydrogen (secondary N) is 2. The highest BCUT2D eigenvalue weighted by Gasteiger charge is 2.51. The predicted molar refractivity (Wildman–Crippen MR) is 77.5 cm³/mol. The molecule has 22 heavy (non-hydrogen) atoms. The number of pyridine rings is 1. The van der Waals surface area contributed by atoms with E-state index in [2.05, 4.69) is 10.3 Å². The Bertz CT molecular complexity index is 684. The predicted octanol–water partition coefficient (Wildman–Crippen LogP) is 3.59. The van der Waals surface area contributed by atoms with Gasteiger partial charge in [0.05, 0.1) is 11.9 Å². The lowest BCUT2D eigenvalue weighted by atomic mass is 9.97. The van der Waals surface area contributed by atoms with Crippen LogP contribution < -0.4 is 5.32 Å². The van der Waals surface area contributed by atoms with Crippen molar-refractivity contribution in [2.45, 2.75) is 18.7 Å². The standard InChI is InChI=1S/C15H14F3N3O/c1-14(22,15(16,17)18)11-6-12(9-20-8-11)21-13-5-3-2-4-10(13)7-19/h2-9,19,21-22H,1H3. The van der Waals surface area contributed by atoms with Crippen LogP contribution in [0.25, 0.3) is 0 Å². The van der Waals surface area contributed by atoms with Crippen molar-refractivity contribution in [3.05, 3.63) is 53.9 Å². The SMILES string of the molecule is CC(O)(c1cncc(Nc2ccccc2C=N)c1)C(F)(F)F. The van der Waals surface area contributed by atoms with E-state index in [-0.39, 0.29) is 11.3 Å². The van der Waals surface area contributed by atoms with Gasteiger partial charge in [0, 0.05) is 29.2 Å². The molecule has 1 heterocycles. The molecule has 4 nitrogen and oxygen atoms in total. The van der Waals surface area contributed by atoms with Crippen molar-refractivity contribution in [2.75, 3.05) is 5.32 Å². The molecule has 1 unspecified atom stereocenters. The highest BCUT2D eigenvalue weighted by Crippen LogP contribution is 2.38. The number of hydrogen-bond donors (Lipinski definition) is 3. The fourth-order valence-electron chi connectivity index (χ4n) is 1.83. The molecular weight excluding hydrogens is 295 g/mol. The molecule has 1 aromatic heterocycles. The maximum Gasteiger partial charge on any atom is 0.421 e. The molecular formula is C15H14F3N3O. The summed E-state index contributed by atoms with van der Waals surface area (Å²) in [7, 11) is 0. The van der Waals surface area contributed by atoms with Crippen LogP contribution in [0, 0.1) is 5.41 Å². The van der Waals surface area contributed by atoms with Gasteiger partial charge in [0.25, 0.3) is 0 Å². The van der Waals surface area contributed by atoms with Crippen molar-refractivity contribution >= 4 is 17.6 Å². The molecule has 0 aliphatic rings. The first kappa shape index (κ1) is 16.0. The van der Waals surface area contributed by atoms with Gasteiger partial charge >= 0.3 is 6.18 Å². The number of benzene rings is 1. The number of hydrogen-bond acceptors (Lipinski definition) is 4. The summed E-state index contributed by atoms with van der Waals surface area (Å²) in [5, 5.41) is 19.9. The van der Waals surface area contributed by atoms with E-state index in [0.29, 0.717) is 18.2 Å². The molecule has 0 fully saturated rings. The van der Waals surface area contributed by atoms with Crippen molar-refractivity contribution in [3.63, 3.8) is 0 Å². The van der Waals surface area contributed by atoms with Gasteiger partial charge in [-0.3, -0.25) is 4.98 Å². The van der Waals surface area contributed by atoms with Crippen molar-refractivity contribution < 1.29 is 18.3 Å². The minimum atomic E-state index is -4.81. The Morgan fingerprint density at radius 1 is 1.23 bits per heavy atom. The van der Waals surface area contributed by atoms with Crippen LogP contribution in [0.3, 0.4) is 0 Å². The number of rotatable bonds is 4. The van der Waals surface area contributed by atoms with Gasteiger partial charge in [-0.1, -0.05) is 18.2 Å². The monoisotopic (exact) mass is 309 g/mol. The number of aromatic nitrogens is 1. The molecule has 0 aliphatic heterocycles. The van der Waals surface area contributed by atoms with Crippen molar-refractivity contribution in [1.29, 1.82) is 5.41 Å². The second-order valence-corrected chi connectivity index (χ2v) is 4.89. The van der Waals surface area contributed by atoms with Gasteiger partial charge in [-0.25, -0.2) is 0 Å². The Kier molecular flexibility index (Phi) is 4.18. The second kappa shape index (κ2) is 5.76. The van der Waals surface area contributed by atoms with E-state index in [1.54, 1.807) is 24.3 Å². The minimum absolute atomic E-state index is 0.288. The summed E-state index contributed by atoms with van der Waals surface area (Å²) in [6.45, 7) is 0.680. The minimum Gasteiger partial charge on any atom is -0.376 e. The number of aliphatic hydroxyl groups is 1. The van der Waals surface area contributed by atoms with E-state index in [1.165, 1.54) is 12.3 Å². The molecule has 0 radical (unpaired) electrons. The fourth-order valence-corrected chi connectivity index (χ4v) is 1.83. The van der Waals surface area contributed by atoms with Crippen LogP contribution in [-0.2, 0) is 5.60 Å². The lowest BCUT2D eigenvalue weighted by Gasteiger charge is -2.26. The van der Waals surface area contributed by atoms with Gasteiger partial charge in [0.2, 0.25) is 0 Å². The highest BCUT2D eigenvalue weighted by atomic mass is 19.4. The van der Waals surface area contributed by atoms with Crippen LogP contribution in [-0.4, -0.2) is 22.5 Å². The van der Waals surface area contributed by atoms with E-state index in [1.807, 2.05) is 0 Å². The maximum atomic E-state index is 12.9. The first-order chi connectivity index (χ1) is 10.3. The molecule has 2 rings (SSSR count). The number of nitrogens with zero attached hydrogens (tertiary/aromatic N) is 1. The van der Waals surface area contributed by atoms with Crippen LogP contribution >= 0.6 is 0 Å². The van der Waals surface area contributed by atoms with Crippen molar-refractivity contribution in [2.24, 2.45) is 0 Å². The van der Waals surface area contributed by atoms with Gasteiger partial charge in [0.15, 0.2) is 5.60 Å². The molecule has 0 amide bonds. The second-order valence-electron chi connectivity index (χ2n) is 4.89. The highest BCUT2D eigenvalue weighted by molar-refractivity contribution is 5.87. The van der Waals surface area contributed by atoms with E-state index in [4.69, 9.17) is 5.41 Å². The molecule has 3 N–H and O–H groups in total. The molecule has 0 aliphatic carbocycles. The molecule has 1 aromatic carbocycles. The smallest absolute Gasteiger partial charge is 0.376 e. The van der Waals surface area contributed by atoms with Crippen LogP contribution in [0.1, 0.15) is 18.1 Å². The molecule has 0 bridgehead atoms. The average molecular weight is 309 g/mol. The largest absolute Gasteiger partial charge is 0.421 e. The zero-order chi connectivity index (χ0) is 16.4. The van der Waals surface area contributed by atoms with Crippen LogP contribution in [0.2, 0.25) is 0 Å². The zero-order valence-electron chi connectivity index (χ0n) is 11.6. The lowest BCUT2D eigenvalue weighted by Crippen LogP contribution is -2.39. The van der Waals surface area contributed by atoms with E-state index in [0.717, 1.165) is 12.4 Å². The van der Waals surface area contributed by atoms with Crippen LogP contribution in [0.5, 0.6) is 0 Å². The number of para-hydroxylation sites is 1. The van der Waals surface area contributed by atoms with Gasteiger partial charge in [-0.05, 0) is 19.1 Å². The Hall–Kier alpha value is -2.41. The molecule has 0 spiro atoms. The average Bonchev–Trinajstić information content (AvgIpc) is 2.47. The molecule has 116 valence electrons. The summed E-state index contributed by atoms with van der Waals surface area (Å²) in [4.78, 5) is 3.74. The molecule has 0 saturated heterocycles. The van der Waals surface area contributed by atoms with E-state index < -0.39 is 11.8 Å². The van der Waals surface area contributed by atoms with Crippen molar-refractivity contribution in [3.8, 4) is 0 Å². The Balaban J connectivity index is 2.35. The number of anilines is 2. The molecule has 2 aromatic rings. The number of alkyl halides is 3. The Morgan fingerprint density at radius 3 is 2.55 bits per heavy atom. The normalized spacial score (nSPS) is 14.2. The van der Waals surface area contributed by atoms with Gasteiger partial charge in [-0.2, -0.15) is 13.2 Å². The van der Waals surface area contributed by atoms with Crippen LogP contribution in [0.4, 0.5) is 24.5 Å². The van der Waals surface area contributed by atoms with Crippen LogP contribution in [0.15, 0.2) is 42.7 Å². The third-order valence-electron chi connectivity index (χ3n) is 3.25. The summed E-state index contributed by atoms with van der Waals surface area (Å²) in [6, 6.07) is 8.04. The van der Waals surface area contributed by atoms with Gasteiger partial charge in [0.1, 0.15) is 0 Å². The summed E-state index contributed by atoms with van der Waals surface area (Å²) < 4.78 is 38.6. The summed E-state index contributed by atoms with van der Waals surface area (Å²) in [5.74, 6) is 0. The number of halogens is 3. The van der Waals surface area contributed by atoms with E-state index >= 15 is 0 Å². The maximum absolute atomic E-state index is 12.9.